The maximum Gasteiger partial charge on any atom is 0.163 e. The van der Waals surface area contributed by atoms with E-state index in [1.807, 2.05) is 38.2 Å². The predicted octanol–water partition coefficient (Wildman–Crippen LogP) is 1.52. The summed E-state index contributed by atoms with van der Waals surface area (Å²) in [6.45, 7) is 3.84. The number of hydrogen-bond donors (Lipinski definition) is 1. The Labute approximate surface area is 99.1 Å². The number of rotatable bonds is 2. The SMILES string of the molecule is Cc1ccc(C(N)=S)c(-n2ccc(C)n2)n1. The Morgan fingerprint density at radius 1 is 1.25 bits per heavy atom. The summed E-state index contributed by atoms with van der Waals surface area (Å²) < 4.78 is 1.69. The summed E-state index contributed by atoms with van der Waals surface area (Å²) in [6, 6.07) is 5.67. The van der Waals surface area contributed by atoms with E-state index in [1.54, 1.807) is 4.68 Å². The first kappa shape index (κ1) is 10.8. The van der Waals surface area contributed by atoms with Gasteiger partial charge < -0.3 is 5.73 Å². The quantitative estimate of drug-likeness (QED) is 0.798. The van der Waals surface area contributed by atoms with Crippen LogP contribution in [0.25, 0.3) is 5.82 Å². The van der Waals surface area contributed by atoms with Crippen molar-refractivity contribution in [2.24, 2.45) is 5.73 Å². The first-order valence-corrected chi connectivity index (χ1v) is 5.29. The van der Waals surface area contributed by atoms with E-state index in [1.165, 1.54) is 0 Å². The zero-order valence-corrected chi connectivity index (χ0v) is 9.95. The molecule has 2 aromatic heterocycles. The minimum atomic E-state index is 0.329. The molecule has 0 aliphatic heterocycles. The molecule has 5 heteroatoms. The number of aromatic nitrogens is 3. The first-order chi connectivity index (χ1) is 7.58. The summed E-state index contributed by atoms with van der Waals surface area (Å²) in [5.74, 6) is 0.681. The molecule has 0 spiro atoms. The molecule has 0 saturated heterocycles. The van der Waals surface area contributed by atoms with E-state index in [0.29, 0.717) is 10.8 Å². The van der Waals surface area contributed by atoms with Gasteiger partial charge in [-0.15, -0.1) is 0 Å². The van der Waals surface area contributed by atoms with E-state index in [-0.39, 0.29) is 0 Å². The number of hydrogen-bond acceptors (Lipinski definition) is 3. The normalized spacial score (nSPS) is 10.4. The Bertz CT molecular complexity index is 545. The zero-order chi connectivity index (χ0) is 11.7. The molecule has 2 aromatic rings. The molecule has 0 aliphatic rings. The Morgan fingerprint density at radius 2 is 2.00 bits per heavy atom. The predicted molar refractivity (Wildman–Crippen MR) is 66.7 cm³/mol. The molecule has 0 amide bonds. The van der Waals surface area contributed by atoms with Gasteiger partial charge in [-0.05, 0) is 32.0 Å². The van der Waals surface area contributed by atoms with Gasteiger partial charge in [-0.25, -0.2) is 9.67 Å². The second-order valence-electron chi connectivity index (χ2n) is 3.59. The van der Waals surface area contributed by atoms with Crippen molar-refractivity contribution in [3.63, 3.8) is 0 Å². The van der Waals surface area contributed by atoms with Crippen LogP contribution in [0.3, 0.4) is 0 Å². The van der Waals surface area contributed by atoms with Crippen molar-refractivity contribution in [2.45, 2.75) is 13.8 Å². The third-order valence-corrected chi connectivity index (χ3v) is 2.44. The number of thiocarbonyl (C=S) groups is 1. The van der Waals surface area contributed by atoms with Crippen LogP contribution >= 0.6 is 12.2 Å². The van der Waals surface area contributed by atoms with Gasteiger partial charge in [-0.3, -0.25) is 0 Å². The minimum absolute atomic E-state index is 0.329. The van der Waals surface area contributed by atoms with Gasteiger partial charge in [0.05, 0.1) is 11.3 Å². The van der Waals surface area contributed by atoms with E-state index in [9.17, 15) is 0 Å². The lowest BCUT2D eigenvalue weighted by atomic mass is 10.2. The van der Waals surface area contributed by atoms with Gasteiger partial charge in [0, 0.05) is 11.9 Å². The van der Waals surface area contributed by atoms with Crippen molar-refractivity contribution in [2.75, 3.05) is 0 Å². The van der Waals surface area contributed by atoms with Crippen LogP contribution in [0.4, 0.5) is 0 Å². The molecular formula is C11H12N4S. The number of pyridine rings is 1. The van der Waals surface area contributed by atoms with Gasteiger partial charge in [-0.1, -0.05) is 12.2 Å². The molecule has 0 unspecified atom stereocenters. The van der Waals surface area contributed by atoms with Gasteiger partial charge in [0.25, 0.3) is 0 Å². The summed E-state index contributed by atoms with van der Waals surface area (Å²) in [4.78, 5) is 4.74. The van der Waals surface area contributed by atoms with Crippen LogP contribution in [0, 0.1) is 13.8 Å². The zero-order valence-electron chi connectivity index (χ0n) is 9.14. The van der Waals surface area contributed by atoms with E-state index in [4.69, 9.17) is 18.0 Å². The summed E-state index contributed by atoms with van der Waals surface area (Å²) in [5.41, 5.74) is 8.23. The fourth-order valence-corrected chi connectivity index (χ4v) is 1.60. The smallest absolute Gasteiger partial charge is 0.163 e. The molecule has 0 atom stereocenters. The molecule has 2 rings (SSSR count). The Kier molecular flexibility index (Phi) is 2.70. The molecule has 82 valence electrons. The molecule has 0 saturated carbocycles. The fourth-order valence-electron chi connectivity index (χ4n) is 1.44. The molecule has 0 fully saturated rings. The van der Waals surface area contributed by atoms with Crippen molar-refractivity contribution in [1.29, 1.82) is 0 Å². The average Bonchev–Trinajstić information content (AvgIpc) is 2.64. The fraction of sp³-hybridized carbons (Fsp3) is 0.182. The average molecular weight is 232 g/mol. The largest absolute Gasteiger partial charge is 0.389 e. The van der Waals surface area contributed by atoms with Gasteiger partial charge in [-0.2, -0.15) is 5.10 Å². The Balaban J connectivity index is 2.62. The third-order valence-electron chi connectivity index (χ3n) is 2.22. The molecule has 0 radical (unpaired) electrons. The van der Waals surface area contributed by atoms with Crippen LogP contribution in [0.5, 0.6) is 0 Å². The van der Waals surface area contributed by atoms with Gasteiger partial charge >= 0.3 is 0 Å². The van der Waals surface area contributed by atoms with Crippen LogP contribution in [-0.2, 0) is 0 Å². The van der Waals surface area contributed by atoms with E-state index in [2.05, 4.69) is 10.1 Å². The van der Waals surface area contributed by atoms with Crippen LogP contribution in [0.15, 0.2) is 24.4 Å². The van der Waals surface area contributed by atoms with Gasteiger partial charge in [0.1, 0.15) is 4.99 Å². The van der Waals surface area contributed by atoms with Crippen LogP contribution in [0.2, 0.25) is 0 Å². The second-order valence-corrected chi connectivity index (χ2v) is 4.03. The molecule has 2 heterocycles. The maximum absolute atomic E-state index is 5.66. The maximum atomic E-state index is 5.66. The number of nitrogens with two attached hydrogens (primary N) is 1. The Hall–Kier alpha value is -1.75. The van der Waals surface area contributed by atoms with Crippen molar-refractivity contribution in [3.8, 4) is 5.82 Å². The number of nitrogens with zero attached hydrogens (tertiary/aromatic N) is 3. The Morgan fingerprint density at radius 3 is 2.56 bits per heavy atom. The van der Waals surface area contributed by atoms with Crippen molar-refractivity contribution < 1.29 is 0 Å². The van der Waals surface area contributed by atoms with Gasteiger partial charge in [0.2, 0.25) is 0 Å². The van der Waals surface area contributed by atoms with E-state index < -0.39 is 0 Å². The highest BCUT2D eigenvalue weighted by molar-refractivity contribution is 7.80. The van der Waals surface area contributed by atoms with Crippen molar-refractivity contribution >= 4 is 17.2 Å². The van der Waals surface area contributed by atoms with Crippen LogP contribution in [-0.4, -0.2) is 19.8 Å². The lowest BCUT2D eigenvalue weighted by Gasteiger charge is -2.07. The highest BCUT2D eigenvalue weighted by Gasteiger charge is 2.09. The van der Waals surface area contributed by atoms with Crippen LogP contribution < -0.4 is 5.73 Å². The summed E-state index contributed by atoms with van der Waals surface area (Å²) in [5, 5.41) is 4.30. The second kappa shape index (κ2) is 4.02. The van der Waals surface area contributed by atoms with Crippen molar-refractivity contribution in [3.05, 3.63) is 41.3 Å². The molecule has 2 N–H and O–H groups in total. The molecule has 0 bridgehead atoms. The van der Waals surface area contributed by atoms with Crippen molar-refractivity contribution in [1.82, 2.24) is 14.8 Å². The highest BCUT2D eigenvalue weighted by atomic mass is 32.1. The third kappa shape index (κ3) is 1.94. The minimum Gasteiger partial charge on any atom is -0.389 e. The molecule has 4 nitrogen and oxygen atoms in total. The molecule has 16 heavy (non-hydrogen) atoms. The van der Waals surface area contributed by atoms with Gasteiger partial charge in [0.15, 0.2) is 5.82 Å². The van der Waals surface area contributed by atoms with E-state index >= 15 is 0 Å². The lowest BCUT2D eigenvalue weighted by molar-refractivity contribution is 0.825. The summed E-state index contributed by atoms with van der Waals surface area (Å²) in [7, 11) is 0. The van der Waals surface area contributed by atoms with E-state index in [0.717, 1.165) is 17.0 Å². The topological polar surface area (TPSA) is 56.7 Å². The first-order valence-electron chi connectivity index (χ1n) is 4.88. The summed E-state index contributed by atoms with van der Waals surface area (Å²) in [6.07, 6.45) is 1.85. The lowest BCUT2D eigenvalue weighted by Crippen LogP contribution is -2.15. The number of aryl methyl sites for hydroxylation is 2. The standard InChI is InChI=1S/C11H12N4S/c1-7-3-4-9(10(12)16)11(13-7)15-6-5-8(2)14-15/h3-6H,1-2H3,(H2,12,16). The monoisotopic (exact) mass is 232 g/mol. The molecule has 0 aliphatic carbocycles. The highest BCUT2D eigenvalue weighted by Crippen LogP contribution is 2.12. The molecule has 0 aromatic carbocycles. The molecular weight excluding hydrogens is 220 g/mol. The summed E-state index contributed by atoms with van der Waals surface area (Å²) >= 11 is 5.00. The van der Waals surface area contributed by atoms with Crippen LogP contribution in [0.1, 0.15) is 17.0 Å².